The van der Waals surface area contributed by atoms with Crippen molar-refractivity contribution in [2.24, 2.45) is 0 Å². The summed E-state index contributed by atoms with van der Waals surface area (Å²) in [6.45, 7) is 5.26. The molecule has 3 N–H and O–H groups in total. The fourth-order valence-corrected chi connectivity index (χ4v) is 2.77. The number of carbonyl (C=O) groups is 1. The predicted octanol–water partition coefficient (Wildman–Crippen LogP) is 3.11. The molecule has 1 amide bonds. The number of hydrogen-bond donors (Lipinski definition) is 2. The van der Waals surface area contributed by atoms with Crippen molar-refractivity contribution in [1.82, 2.24) is 10.2 Å². The molecule has 1 atom stereocenters. The van der Waals surface area contributed by atoms with Crippen LogP contribution in [0.3, 0.4) is 0 Å². The molecule has 1 aromatic carbocycles. The molecule has 1 heterocycles. The summed E-state index contributed by atoms with van der Waals surface area (Å²) in [5, 5.41) is 2.95. The van der Waals surface area contributed by atoms with Crippen molar-refractivity contribution in [2.75, 3.05) is 25.4 Å². The van der Waals surface area contributed by atoms with Gasteiger partial charge in [0.25, 0.3) is 5.91 Å². The van der Waals surface area contributed by atoms with E-state index in [-0.39, 0.29) is 30.7 Å². The van der Waals surface area contributed by atoms with Crippen molar-refractivity contribution in [3.63, 3.8) is 0 Å². The second kappa shape index (κ2) is 10.7. The molecule has 0 aromatic heterocycles. The number of benzene rings is 1. The molecule has 6 heteroatoms. The van der Waals surface area contributed by atoms with Gasteiger partial charge in [-0.15, -0.1) is 24.8 Å². The fraction of sp³-hybridized carbons (Fsp3) is 0.562. The van der Waals surface area contributed by atoms with E-state index >= 15 is 0 Å². The molecule has 1 unspecified atom stereocenters. The molecule has 0 saturated carbocycles. The molecular weight excluding hydrogens is 321 g/mol. The molecule has 2 rings (SSSR count). The second-order valence-corrected chi connectivity index (χ2v) is 5.58. The largest absolute Gasteiger partial charge is 0.398 e. The van der Waals surface area contributed by atoms with Gasteiger partial charge in [0.2, 0.25) is 0 Å². The Morgan fingerprint density at radius 1 is 1.32 bits per heavy atom. The van der Waals surface area contributed by atoms with Crippen LogP contribution in [0.4, 0.5) is 5.69 Å². The number of halogens is 2. The van der Waals surface area contributed by atoms with E-state index in [2.05, 4.69) is 17.1 Å². The summed E-state index contributed by atoms with van der Waals surface area (Å²) in [7, 11) is 0. The van der Waals surface area contributed by atoms with Gasteiger partial charge in [0.15, 0.2) is 0 Å². The Hall–Kier alpha value is -0.970. The highest BCUT2D eigenvalue weighted by Gasteiger charge is 2.17. The number of hydrogen-bond acceptors (Lipinski definition) is 3. The lowest BCUT2D eigenvalue weighted by atomic mass is 10.0. The molecule has 22 heavy (non-hydrogen) atoms. The van der Waals surface area contributed by atoms with E-state index in [1.807, 2.05) is 12.1 Å². The molecule has 1 aromatic rings. The van der Waals surface area contributed by atoms with Crippen LogP contribution in [0.2, 0.25) is 0 Å². The van der Waals surface area contributed by atoms with E-state index in [1.165, 1.54) is 25.8 Å². The third-order valence-electron chi connectivity index (χ3n) is 4.05. The number of nitrogens with zero attached hydrogens (tertiary/aromatic N) is 1. The van der Waals surface area contributed by atoms with Gasteiger partial charge in [0, 0.05) is 24.8 Å². The third-order valence-corrected chi connectivity index (χ3v) is 4.05. The van der Waals surface area contributed by atoms with Crippen LogP contribution < -0.4 is 11.1 Å². The Kier molecular flexibility index (Phi) is 10.2. The molecule has 0 bridgehead atoms. The maximum atomic E-state index is 12.0. The van der Waals surface area contributed by atoms with E-state index in [0.717, 1.165) is 13.0 Å². The van der Waals surface area contributed by atoms with Gasteiger partial charge in [0.1, 0.15) is 0 Å². The minimum absolute atomic E-state index is 0. The SMILES string of the molecule is CC1CCCCN1CCCNC(=O)c1ccccc1N.Cl.Cl. The van der Waals surface area contributed by atoms with E-state index in [1.54, 1.807) is 12.1 Å². The van der Waals surface area contributed by atoms with Crippen molar-refractivity contribution < 1.29 is 4.79 Å². The van der Waals surface area contributed by atoms with Crippen LogP contribution in [0.1, 0.15) is 43.0 Å². The van der Waals surface area contributed by atoms with E-state index in [0.29, 0.717) is 23.8 Å². The van der Waals surface area contributed by atoms with Gasteiger partial charge < -0.3 is 16.0 Å². The third kappa shape index (κ3) is 6.03. The van der Waals surface area contributed by atoms with Crippen LogP contribution in [-0.4, -0.2) is 36.5 Å². The van der Waals surface area contributed by atoms with Gasteiger partial charge in [-0.2, -0.15) is 0 Å². The van der Waals surface area contributed by atoms with Crippen LogP contribution in [0, 0.1) is 0 Å². The lowest BCUT2D eigenvalue weighted by Gasteiger charge is -2.33. The smallest absolute Gasteiger partial charge is 0.253 e. The van der Waals surface area contributed by atoms with Crippen LogP contribution in [0.15, 0.2) is 24.3 Å². The molecule has 1 saturated heterocycles. The second-order valence-electron chi connectivity index (χ2n) is 5.58. The summed E-state index contributed by atoms with van der Waals surface area (Å²) in [4.78, 5) is 14.5. The minimum Gasteiger partial charge on any atom is -0.398 e. The van der Waals surface area contributed by atoms with Crippen LogP contribution in [-0.2, 0) is 0 Å². The molecule has 1 aliphatic heterocycles. The van der Waals surface area contributed by atoms with Gasteiger partial charge in [0.05, 0.1) is 5.56 Å². The van der Waals surface area contributed by atoms with Crippen LogP contribution in [0.5, 0.6) is 0 Å². The van der Waals surface area contributed by atoms with Crippen molar-refractivity contribution in [3.05, 3.63) is 29.8 Å². The van der Waals surface area contributed by atoms with E-state index in [4.69, 9.17) is 5.73 Å². The lowest BCUT2D eigenvalue weighted by Crippen LogP contribution is -2.39. The van der Waals surface area contributed by atoms with Gasteiger partial charge in [-0.05, 0) is 44.9 Å². The van der Waals surface area contributed by atoms with Crippen LogP contribution >= 0.6 is 24.8 Å². The number of piperidine rings is 1. The molecule has 0 spiro atoms. The predicted molar refractivity (Wildman–Crippen MR) is 97.2 cm³/mol. The number of para-hydroxylation sites is 1. The van der Waals surface area contributed by atoms with Crippen molar-refractivity contribution in [1.29, 1.82) is 0 Å². The number of nitrogens with two attached hydrogens (primary N) is 1. The summed E-state index contributed by atoms with van der Waals surface area (Å²) < 4.78 is 0. The number of carbonyl (C=O) groups excluding carboxylic acids is 1. The summed E-state index contributed by atoms with van der Waals surface area (Å²) in [5.41, 5.74) is 6.90. The monoisotopic (exact) mass is 347 g/mol. The highest BCUT2D eigenvalue weighted by Crippen LogP contribution is 2.16. The first-order valence-electron chi connectivity index (χ1n) is 7.55. The highest BCUT2D eigenvalue weighted by molar-refractivity contribution is 5.99. The number of rotatable bonds is 5. The minimum atomic E-state index is -0.0743. The molecule has 126 valence electrons. The first kappa shape index (κ1) is 21.0. The first-order valence-corrected chi connectivity index (χ1v) is 7.55. The zero-order valence-corrected chi connectivity index (χ0v) is 14.7. The zero-order chi connectivity index (χ0) is 14.4. The number of anilines is 1. The Balaban J connectivity index is 0.00000220. The standard InChI is InChI=1S/C16H25N3O.2ClH/c1-13-7-4-5-11-19(13)12-6-10-18-16(20)14-8-2-3-9-15(14)17;;/h2-3,8-9,13H,4-7,10-12,17H2,1H3,(H,18,20);2*1H. The Morgan fingerprint density at radius 2 is 2.05 bits per heavy atom. The summed E-state index contributed by atoms with van der Waals surface area (Å²) in [6.07, 6.45) is 4.94. The Morgan fingerprint density at radius 3 is 2.73 bits per heavy atom. The summed E-state index contributed by atoms with van der Waals surface area (Å²) in [6, 6.07) is 7.87. The average Bonchev–Trinajstić information content (AvgIpc) is 2.45. The van der Waals surface area contributed by atoms with E-state index in [9.17, 15) is 4.79 Å². The average molecular weight is 348 g/mol. The molecule has 0 aliphatic carbocycles. The van der Waals surface area contributed by atoms with Gasteiger partial charge in [-0.25, -0.2) is 0 Å². The summed E-state index contributed by atoms with van der Waals surface area (Å²) >= 11 is 0. The Bertz CT molecular complexity index is 457. The first-order chi connectivity index (χ1) is 9.68. The zero-order valence-electron chi connectivity index (χ0n) is 13.1. The normalized spacial score (nSPS) is 18.0. The fourth-order valence-electron chi connectivity index (χ4n) is 2.77. The number of nitrogens with one attached hydrogen (secondary N) is 1. The Labute approximate surface area is 145 Å². The number of nitrogen functional groups attached to an aromatic ring is 1. The number of amides is 1. The molecule has 1 fully saturated rings. The molecule has 1 aliphatic rings. The van der Waals surface area contributed by atoms with Crippen molar-refractivity contribution >= 4 is 36.4 Å². The van der Waals surface area contributed by atoms with Gasteiger partial charge >= 0.3 is 0 Å². The highest BCUT2D eigenvalue weighted by atomic mass is 35.5. The maximum Gasteiger partial charge on any atom is 0.253 e. The quantitative estimate of drug-likeness (QED) is 0.635. The van der Waals surface area contributed by atoms with E-state index < -0.39 is 0 Å². The van der Waals surface area contributed by atoms with Gasteiger partial charge in [-0.1, -0.05) is 18.6 Å². The molecule has 0 radical (unpaired) electrons. The summed E-state index contributed by atoms with van der Waals surface area (Å²) in [5.74, 6) is -0.0743. The molecular formula is C16H27Cl2N3O. The van der Waals surface area contributed by atoms with Crippen molar-refractivity contribution in [3.8, 4) is 0 Å². The van der Waals surface area contributed by atoms with Crippen LogP contribution in [0.25, 0.3) is 0 Å². The number of likely N-dealkylation sites (tertiary alicyclic amines) is 1. The molecule has 4 nitrogen and oxygen atoms in total. The van der Waals surface area contributed by atoms with Gasteiger partial charge in [-0.3, -0.25) is 4.79 Å². The lowest BCUT2D eigenvalue weighted by molar-refractivity contribution is 0.0950. The topological polar surface area (TPSA) is 58.4 Å². The van der Waals surface area contributed by atoms with Crippen molar-refractivity contribution in [2.45, 2.75) is 38.6 Å². The maximum absolute atomic E-state index is 12.0.